The Morgan fingerprint density at radius 1 is 1.44 bits per heavy atom. The average molecular weight is 246 g/mol. The predicted molar refractivity (Wildman–Crippen MR) is 76.3 cm³/mol. The number of nitrogen functional groups attached to an aromatic ring is 1. The maximum atomic E-state index is 7.38. The van der Waals surface area contributed by atoms with Crippen molar-refractivity contribution in [3.8, 4) is 0 Å². The highest BCUT2D eigenvalue weighted by Gasteiger charge is 2.20. The van der Waals surface area contributed by atoms with Gasteiger partial charge in [0, 0.05) is 31.4 Å². The molecular weight excluding hydrogens is 224 g/mol. The van der Waals surface area contributed by atoms with E-state index in [4.69, 9.17) is 11.1 Å². The van der Waals surface area contributed by atoms with Crippen LogP contribution in [0.4, 0.5) is 5.69 Å². The fraction of sp³-hybridized carbons (Fsp3) is 0.500. The van der Waals surface area contributed by atoms with E-state index in [9.17, 15) is 0 Å². The molecule has 0 spiro atoms. The van der Waals surface area contributed by atoms with Crippen LogP contribution < -0.4 is 10.6 Å². The summed E-state index contributed by atoms with van der Waals surface area (Å²) in [6.45, 7) is 3.49. The van der Waals surface area contributed by atoms with Crippen molar-refractivity contribution in [1.29, 1.82) is 5.41 Å². The second-order valence-corrected chi connectivity index (χ2v) is 5.26. The summed E-state index contributed by atoms with van der Waals surface area (Å²) in [6, 6.07) is 7.90. The molecule has 1 aliphatic rings. The fourth-order valence-corrected chi connectivity index (χ4v) is 2.56. The molecule has 0 bridgehead atoms. The van der Waals surface area contributed by atoms with Crippen molar-refractivity contribution in [1.82, 2.24) is 4.90 Å². The Hall–Kier alpha value is -1.55. The Kier molecular flexibility index (Phi) is 3.87. The van der Waals surface area contributed by atoms with E-state index in [1.165, 1.54) is 25.2 Å². The number of hydrogen-bond acceptors (Lipinski definition) is 3. The Morgan fingerprint density at radius 3 is 2.61 bits per heavy atom. The first kappa shape index (κ1) is 12.9. The predicted octanol–water partition coefficient (Wildman–Crippen LogP) is 1.36. The molecule has 1 aromatic carbocycles. The molecule has 4 nitrogen and oxygen atoms in total. The highest BCUT2D eigenvalue weighted by Crippen LogP contribution is 2.19. The summed E-state index contributed by atoms with van der Waals surface area (Å²) in [4.78, 5) is 4.67. The summed E-state index contributed by atoms with van der Waals surface area (Å²) >= 11 is 0. The van der Waals surface area contributed by atoms with Crippen LogP contribution in [-0.4, -0.2) is 44.5 Å². The van der Waals surface area contributed by atoms with Crippen molar-refractivity contribution in [3.05, 3.63) is 29.8 Å². The van der Waals surface area contributed by atoms with Gasteiger partial charge in [-0.25, -0.2) is 0 Å². The summed E-state index contributed by atoms with van der Waals surface area (Å²) in [5, 5.41) is 7.38. The van der Waals surface area contributed by atoms with E-state index >= 15 is 0 Å². The highest BCUT2D eigenvalue weighted by atomic mass is 15.1. The van der Waals surface area contributed by atoms with Crippen LogP contribution >= 0.6 is 0 Å². The van der Waals surface area contributed by atoms with E-state index in [1.807, 2.05) is 24.3 Å². The number of nitrogens with two attached hydrogens (primary N) is 1. The van der Waals surface area contributed by atoms with Gasteiger partial charge in [0.1, 0.15) is 5.84 Å². The number of hydrogen-bond donors (Lipinski definition) is 2. The zero-order valence-corrected chi connectivity index (χ0v) is 11.2. The summed E-state index contributed by atoms with van der Waals surface area (Å²) in [6.07, 6.45) is 1.28. The molecule has 0 aromatic heterocycles. The number of likely N-dealkylation sites (tertiary alicyclic amines) is 1. The van der Waals surface area contributed by atoms with Crippen molar-refractivity contribution >= 4 is 11.5 Å². The first-order valence-electron chi connectivity index (χ1n) is 6.40. The molecular formula is C14H22N4. The second kappa shape index (κ2) is 5.40. The van der Waals surface area contributed by atoms with E-state index < -0.39 is 0 Å². The SMILES string of the molecule is CN1CCC(CN(C)c2ccc(C(=N)N)cc2)C1. The van der Waals surface area contributed by atoms with Crippen LogP contribution in [0.2, 0.25) is 0 Å². The molecule has 0 aliphatic carbocycles. The minimum Gasteiger partial charge on any atom is -0.384 e. The third kappa shape index (κ3) is 3.01. The van der Waals surface area contributed by atoms with Crippen LogP contribution in [0.3, 0.4) is 0 Å². The molecule has 1 aliphatic heterocycles. The minimum atomic E-state index is 0.127. The quantitative estimate of drug-likeness (QED) is 0.623. The molecule has 0 amide bonds. The van der Waals surface area contributed by atoms with Gasteiger partial charge in [-0.2, -0.15) is 0 Å². The molecule has 98 valence electrons. The molecule has 1 fully saturated rings. The van der Waals surface area contributed by atoms with Crippen LogP contribution in [0.25, 0.3) is 0 Å². The Morgan fingerprint density at radius 2 is 2.11 bits per heavy atom. The van der Waals surface area contributed by atoms with Gasteiger partial charge in [0.15, 0.2) is 0 Å². The zero-order chi connectivity index (χ0) is 13.1. The fourth-order valence-electron chi connectivity index (χ4n) is 2.56. The van der Waals surface area contributed by atoms with Crippen LogP contribution in [0.5, 0.6) is 0 Å². The number of nitrogens with zero attached hydrogens (tertiary/aromatic N) is 2. The van der Waals surface area contributed by atoms with Gasteiger partial charge in [-0.05, 0) is 50.2 Å². The molecule has 1 heterocycles. The van der Waals surface area contributed by atoms with E-state index in [-0.39, 0.29) is 5.84 Å². The lowest BCUT2D eigenvalue weighted by molar-refractivity contribution is 0.396. The summed E-state index contributed by atoms with van der Waals surface area (Å²) < 4.78 is 0. The van der Waals surface area contributed by atoms with Gasteiger partial charge >= 0.3 is 0 Å². The molecule has 1 atom stereocenters. The normalized spacial score (nSPS) is 20.0. The molecule has 1 unspecified atom stereocenters. The maximum absolute atomic E-state index is 7.38. The van der Waals surface area contributed by atoms with Gasteiger partial charge in [-0.3, -0.25) is 5.41 Å². The van der Waals surface area contributed by atoms with E-state index in [1.54, 1.807) is 0 Å². The van der Waals surface area contributed by atoms with Crippen molar-refractivity contribution in [2.75, 3.05) is 38.6 Å². The largest absolute Gasteiger partial charge is 0.384 e. The van der Waals surface area contributed by atoms with Crippen molar-refractivity contribution < 1.29 is 0 Å². The summed E-state index contributed by atoms with van der Waals surface area (Å²) in [5.74, 6) is 0.883. The molecule has 4 heteroatoms. The molecule has 3 N–H and O–H groups in total. The average Bonchev–Trinajstić information content (AvgIpc) is 2.75. The second-order valence-electron chi connectivity index (χ2n) is 5.26. The van der Waals surface area contributed by atoms with Crippen molar-refractivity contribution in [2.24, 2.45) is 11.7 Å². The number of amidine groups is 1. The van der Waals surface area contributed by atoms with Crippen LogP contribution in [0.1, 0.15) is 12.0 Å². The Labute approximate surface area is 109 Å². The van der Waals surface area contributed by atoms with E-state index in [0.29, 0.717) is 0 Å². The van der Waals surface area contributed by atoms with Gasteiger partial charge in [0.05, 0.1) is 0 Å². The monoisotopic (exact) mass is 246 g/mol. The Bertz CT molecular complexity index is 412. The maximum Gasteiger partial charge on any atom is 0.122 e. The lowest BCUT2D eigenvalue weighted by Gasteiger charge is -2.23. The number of nitrogens with one attached hydrogen (secondary N) is 1. The summed E-state index contributed by atoms with van der Waals surface area (Å²) in [5.41, 5.74) is 7.43. The first-order chi connectivity index (χ1) is 8.56. The van der Waals surface area contributed by atoms with E-state index in [0.717, 1.165) is 18.0 Å². The van der Waals surface area contributed by atoms with Gasteiger partial charge in [-0.1, -0.05) is 0 Å². The lowest BCUT2D eigenvalue weighted by atomic mass is 10.1. The van der Waals surface area contributed by atoms with Gasteiger partial charge < -0.3 is 15.5 Å². The van der Waals surface area contributed by atoms with Crippen LogP contribution in [-0.2, 0) is 0 Å². The lowest BCUT2D eigenvalue weighted by Crippen LogP contribution is -2.27. The summed E-state index contributed by atoms with van der Waals surface area (Å²) in [7, 11) is 4.31. The standard InChI is InChI=1S/C14H22N4/c1-17-8-7-11(9-17)10-18(2)13-5-3-12(4-6-13)14(15)16/h3-6,11H,7-10H2,1-2H3,(H3,15,16). The molecule has 1 saturated heterocycles. The molecule has 18 heavy (non-hydrogen) atoms. The van der Waals surface area contributed by atoms with Gasteiger partial charge in [0.2, 0.25) is 0 Å². The van der Waals surface area contributed by atoms with Gasteiger partial charge in [-0.15, -0.1) is 0 Å². The molecule has 0 radical (unpaired) electrons. The van der Waals surface area contributed by atoms with Crippen molar-refractivity contribution in [2.45, 2.75) is 6.42 Å². The smallest absolute Gasteiger partial charge is 0.122 e. The molecule has 1 aromatic rings. The highest BCUT2D eigenvalue weighted by molar-refractivity contribution is 5.95. The van der Waals surface area contributed by atoms with Crippen LogP contribution in [0.15, 0.2) is 24.3 Å². The first-order valence-corrected chi connectivity index (χ1v) is 6.40. The minimum absolute atomic E-state index is 0.127. The zero-order valence-electron chi connectivity index (χ0n) is 11.2. The topological polar surface area (TPSA) is 56.4 Å². The van der Waals surface area contributed by atoms with Crippen molar-refractivity contribution in [3.63, 3.8) is 0 Å². The van der Waals surface area contributed by atoms with Crippen LogP contribution in [0, 0.1) is 11.3 Å². The van der Waals surface area contributed by atoms with E-state index in [2.05, 4.69) is 23.9 Å². The number of anilines is 1. The molecule has 0 saturated carbocycles. The third-order valence-electron chi connectivity index (χ3n) is 3.64. The number of benzene rings is 1. The number of rotatable bonds is 4. The molecule has 2 rings (SSSR count). The Balaban J connectivity index is 1.96. The van der Waals surface area contributed by atoms with Gasteiger partial charge in [0.25, 0.3) is 0 Å². The third-order valence-corrected chi connectivity index (χ3v) is 3.64.